The van der Waals surface area contributed by atoms with Gasteiger partial charge in [0.1, 0.15) is 0 Å². The van der Waals surface area contributed by atoms with Gasteiger partial charge in [0.15, 0.2) is 0 Å². The van der Waals surface area contributed by atoms with Crippen LogP contribution >= 0.6 is 11.6 Å². The summed E-state index contributed by atoms with van der Waals surface area (Å²) in [5.74, 6) is -0.00125. The molecule has 0 saturated carbocycles. The number of sulfonamides is 1. The monoisotopic (exact) mass is 408 g/mol. The predicted octanol–water partition coefficient (Wildman–Crippen LogP) is 4.18. The van der Waals surface area contributed by atoms with E-state index in [0.717, 1.165) is 10.9 Å². The number of halogens is 1. The SMILES string of the molecule is Cc1ccc(S(=O)(=O)N=S(C)(=O)Cc2ccnc3cc(Cl)ccc23)cc1. The second kappa shape index (κ2) is 6.98. The molecule has 3 aromatic rings. The molecule has 0 aliphatic carbocycles. The minimum Gasteiger partial charge on any atom is -0.256 e. The van der Waals surface area contributed by atoms with Crippen molar-refractivity contribution in [2.45, 2.75) is 17.6 Å². The lowest BCUT2D eigenvalue weighted by Crippen LogP contribution is -2.07. The Morgan fingerprint density at radius 2 is 1.73 bits per heavy atom. The van der Waals surface area contributed by atoms with Gasteiger partial charge in [-0.25, -0.2) is 4.21 Å². The lowest BCUT2D eigenvalue weighted by Gasteiger charge is -2.08. The summed E-state index contributed by atoms with van der Waals surface area (Å²) < 4.78 is 41.6. The van der Waals surface area contributed by atoms with E-state index in [2.05, 4.69) is 8.75 Å². The minimum absolute atomic E-state index is 0.00125. The second-order valence-corrected chi connectivity index (χ2v) is 10.8. The van der Waals surface area contributed by atoms with E-state index >= 15 is 0 Å². The topological polar surface area (TPSA) is 76.5 Å². The average Bonchev–Trinajstić information content (AvgIpc) is 2.53. The summed E-state index contributed by atoms with van der Waals surface area (Å²) in [5.41, 5.74) is 2.30. The van der Waals surface area contributed by atoms with Crippen molar-refractivity contribution in [2.75, 3.05) is 6.26 Å². The summed E-state index contributed by atoms with van der Waals surface area (Å²) in [7, 11) is -7.03. The number of fused-ring (bicyclic) bond motifs is 1. The summed E-state index contributed by atoms with van der Waals surface area (Å²) in [4.78, 5) is 4.27. The fraction of sp³-hybridized carbons (Fsp3) is 0.167. The van der Waals surface area contributed by atoms with Crippen LogP contribution in [0.2, 0.25) is 5.02 Å². The largest absolute Gasteiger partial charge is 0.290 e. The number of rotatable bonds is 4. The van der Waals surface area contributed by atoms with Gasteiger partial charge in [0.25, 0.3) is 10.0 Å². The van der Waals surface area contributed by atoms with Crippen LogP contribution in [0, 0.1) is 6.92 Å². The van der Waals surface area contributed by atoms with Crippen LogP contribution < -0.4 is 0 Å². The molecule has 136 valence electrons. The first-order chi connectivity index (χ1) is 12.2. The van der Waals surface area contributed by atoms with Crippen molar-refractivity contribution in [3.63, 3.8) is 0 Å². The fourth-order valence-corrected chi connectivity index (χ4v) is 6.27. The van der Waals surface area contributed by atoms with Gasteiger partial charge < -0.3 is 0 Å². The smallest absolute Gasteiger partial charge is 0.256 e. The minimum atomic E-state index is -4.00. The molecule has 1 aromatic heterocycles. The van der Waals surface area contributed by atoms with E-state index in [0.29, 0.717) is 16.1 Å². The molecule has 3 rings (SSSR count). The number of pyridine rings is 1. The molecule has 1 unspecified atom stereocenters. The number of benzene rings is 2. The molecule has 0 amide bonds. The number of hydrogen-bond acceptors (Lipinski definition) is 4. The third-order valence-electron chi connectivity index (χ3n) is 3.79. The van der Waals surface area contributed by atoms with Gasteiger partial charge in [-0.3, -0.25) is 4.98 Å². The molecular formula is C18H17ClN2O3S2. The molecule has 1 atom stereocenters. The first-order valence-corrected chi connectivity index (χ1v) is 11.6. The summed E-state index contributed by atoms with van der Waals surface area (Å²) >= 11 is 5.98. The van der Waals surface area contributed by atoms with Crippen LogP contribution in [0.25, 0.3) is 10.9 Å². The zero-order valence-corrected chi connectivity index (χ0v) is 16.6. The maximum atomic E-state index is 12.9. The zero-order chi connectivity index (χ0) is 18.9. The standard InChI is InChI=1S/C18H17ClN2O3S2/c1-13-3-6-16(7-4-13)26(23,24)21-25(2,22)12-14-9-10-20-18-11-15(19)5-8-17(14)18/h3-11H,12H2,1-2H3. The molecule has 0 bridgehead atoms. The lowest BCUT2D eigenvalue weighted by molar-refractivity contribution is 0.598. The molecule has 0 aliphatic heterocycles. The van der Waals surface area contributed by atoms with E-state index in [1.165, 1.54) is 18.4 Å². The van der Waals surface area contributed by atoms with E-state index in [1.807, 2.05) is 6.92 Å². The lowest BCUT2D eigenvalue weighted by atomic mass is 10.1. The molecule has 0 spiro atoms. The number of aryl methyl sites for hydroxylation is 1. The second-order valence-electron chi connectivity index (χ2n) is 6.10. The van der Waals surface area contributed by atoms with Crippen molar-refractivity contribution in [1.29, 1.82) is 0 Å². The van der Waals surface area contributed by atoms with Crippen LogP contribution in [0.1, 0.15) is 11.1 Å². The van der Waals surface area contributed by atoms with Gasteiger partial charge in [0, 0.05) is 22.9 Å². The Kier molecular flexibility index (Phi) is 5.05. The van der Waals surface area contributed by atoms with Gasteiger partial charge in [0.2, 0.25) is 0 Å². The maximum absolute atomic E-state index is 12.9. The molecule has 0 aliphatic rings. The van der Waals surface area contributed by atoms with Crippen molar-refractivity contribution in [1.82, 2.24) is 4.98 Å². The number of nitrogens with zero attached hydrogens (tertiary/aromatic N) is 2. The van der Waals surface area contributed by atoms with E-state index in [-0.39, 0.29) is 10.6 Å². The van der Waals surface area contributed by atoms with Crippen LogP contribution in [0.15, 0.2) is 63.4 Å². The molecule has 0 fully saturated rings. The van der Waals surface area contributed by atoms with Crippen LogP contribution in [0.5, 0.6) is 0 Å². The normalized spacial score (nSPS) is 14.1. The highest BCUT2D eigenvalue weighted by Gasteiger charge is 2.17. The third-order valence-corrected chi connectivity index (χ3v) is 7.79. The fourth-order valence-electron chi connectivity index (χ4n) is 2.58. The third kappa shape index (κ3) is 4.23. The maximum Gasteiger partial charge on any atom is 0.290 e. The first kappa shape index (κ1) is 18.8. The van der Waals surface area contributed by atoms with Gasteiger partial charge in [-0.2, -0.15) is 8.42 Å². The highest BCUT2D eigenvalue weighted by molar-refractivity contribution is 8.02. The summed E-state index contributed by atoms with van der Waals surface area (Å²) in [6.45, 7) is 1.86. The summed E-state index contributed by atoms with van der Waals surface area (Å²) in [5, 5.41) is 1.32. The van der Waals surface area contributed by atoms with Crippen molar-refractivity contribution in [3.05, 3.63) is 70.9 Å². The van der Waals surface area contributed by atoms with Crippen molar-refractivity contribution >= 4 is 42.3 Å². The van der Waals surface area contributed by atoms with Crippen molar-refractivity contribution in [2.24, 2.45) is 3.77 Å². The molecule has 1 heterocycles. The van der Waals surface area contributed by atoms with E-state index in [1.54, 1.807) is 42.6 Å². The Balaban J connectivity index is 2.02. The predicted molar refractivity (Wildman–Crippen MR) is 105 cm³/mol. The van der Waals surface area contributed by atoms with Gasteiger partial charge in [-0.1, -0.05) is 35.4 Å². The van der Waals surface area contributed by atoms with Crippen LogP contribution in [0.3, 0.4) is 0 Å². The van der Waals surface area contributed by atoms with Gasteiger partial charge in [0.05, 0.1) is 25.9 Å². The summed E-state index contributed by atoms with van der Waals surface area (Å²) in [6.07, 6.45) is 2.93. The molecule has 0 radical (unpaired) electrons. The van der Waals surface area contributed by atoms with Crippen LogP contribution in [0.4, 0.5) is 0 Å². The molecule has 0 N–H and O–H groups in total. The van der Waals surface area contributed by atoms with Crippen molar-refractivity contribution < 1.29 is 12.6 Å². The number of hydrogen-bond donors (Lipinski definition) is 0. The molecule has 2 aromatic carbocycles. The Hall–Kier alpha value is -1.96. The van der Waals surface area contributed by atoms with Crippen molar-refractivity contribution in [3.8, 4) is 0 Å². The zero-order valence-electron chi connectivity index (χ0n) is 14.2. The van der Waals surface area contributed by atoms with Crippen LogP contribution in [-0.4, -0.2) is 23.9 Å². The quantitative estimate of drug-likeness (QED) is 0.648. The highest BCUT2D eigenvalue weighted by atomic mass is 35.5. The molecule has 26 heavy (non-hydrogen) atoms. The molecular weight excluding hydrogens is 392 g/mol. The molecule has 8 heteroatoms. The van der Waals surface area contributed by atoms with E-state index in [4.69, 9.17) is 11.6 Å². The summed E-state index contributed by atoms with van der Waals surface area (Å²) in [6, 6.07) is 13.2. The Bertz CT molecular complexity index is 1200. The number of aromatic nitrogens is 1. The Labute approximate surface area is 158 Å². The average molecular weight is 409 g/mol. The first-order valence-electron chi connectivity index (χ1n) is 7.72. The molecule has 0 saturated heterocycles. The molecule has 5 nitrogen and oxygen atoms in total. The van der Waals surface area contributed by atoms with Gasteiger partial charge in [-0.15, -0.1) is 3.77 Å². The Morgan fingerprint density at radius 3 is 2.42 bits per heavy atom. The van der Waals surface area contributed by atoms with E-state index < -0.39 is 19.8 Å². The Morgan fingerprint density at radius 1 is 1.04 bits per heavy atom. The van der Waals surface area contributed by atoms with Gasteiger partial charge in [-0.05, 0) is 42.8 Å². The van der Waals surface area contributed by atoms with Gasteiger partial charge >= 0.3 is 0 Å². The van der Waals surface area contributed by atoms with E-state index in [9.17, 15) is 12.6 Å². The van der Waals surface area contributed by atoms with Crippen LogP contribution in [-0.2, 0) is 25.5 Å². The highest BCUT2D eigenvalue weighted by Crippen LogP contribution is 2.23.